The molecule has 0 spiro atoms. The molecule has 0 saturated heterocycles. The number of benzene rings is 3. The quantitative estimate of drug-likeness (QED) is 0.474. The van der Waals surface area contributed by atoms with Crippen LogP contribution in [0, 0.1) is 5.82 Å². The number of carbonyl (C=O) groups is 2. The summed E-state index contributed by atoms with van der Waals surface area (Å²) < 4.78 is 44.9. The van der Waals surface area contributed by atoms with E-state index in [1.165, 1.54) is 6.07 Å². The second-order valence-corrected chi connectivity index (χ2v) is 11.2. The highest BCUT2D eigenvalue weighted by Crippen LogP contribution is 2.31. The molecule has 1 aliphatic heterocycles. The van der Waals surface area contributed by atoms with Gasteiger partial charge in [-0.1, -0.05) is 32.0 Å². The van der Waals surface area contributed by atoms with Crippen molar-refractivity contribution < 1.29 is 27.1 Å². The van der Waals surface area contributed by atoms with Crippen LogP contribution in [0.5, 0.6) is 5.75 Å². The number of nitrogens with zero attached hydrogens (tertiary/aromatic N) is 1. The number of fused-ring (bicyclic) bond motifs is 1. The Bertz CT molecular complexity index is 1470. The zero-order chi connectivity index (χ0) is 27.4. The molecule has 0 saturated carbocycles. The lowest BCUT2D eigenvalue weighted by Gasteiger charge is -2.22. The summed E-state index contributed by atoms with van der Waals surface area (Å²) in [6, 6.07) is 15.6. The van der Waals surface area contributed by atoms with Crippen molar-refractivity contribution in [1.82, 2.24) is 10.2 Å². The van der Waals surface area contributed by atoms with Gasteiger partial charge in [0.1, 0.15) is 23.1 Å². The third-order valence-electron chi connectivity index (χ3n) is 6.53. The minimum atomic E-state index is -3.76. The van der Waals surface area contributed by atoms with E-state index in [0.717, 1.165) is 35.4 Å². The number of sulfone groups is 1. The van der Waals surface area contributed by atoms with Gasteiger partial charge in [0.05, 0.1) is 6.54 Å². The van der Waals surface area contributed by atoms with Crippen molar-refractivity contribution in [2.24, 2.45) is 0 Å². The summed E-state index contributed by atoms with van der Waals surface area (Å²) >= 11 is 0. The number of halogens is 1. The molecule has 0 radical (unpaired) electrons. The lowest BCUT2D eigenvalue weighted by Crippen LogP contribution is -2.33. The van der Waals surface area contributed by atoms with E-state index >= 15 is 4.39 Å². The van der Waals surface area contributed by atoms with E-state index in [2.05, 4.69) is 5.32 Å². The Morgan fingerprint density at radius 3 is 2.39 bits per heavy atom. The molecule has 0 aliphatic carbocycles. The highest BCUT2D eigenvalue weighted by Gasteiger charge is 2.27. The zero-order valence-corrected chi connectivity index (χ0v) is 22.5. The second-order valence-electron chi connectivity index (χ2n) is 9.26. The van der Waals surface area contributed by atoms with Crippen LogP contribution in [0.4, 0.5) is 4.39 Å². The van der Waals surface area contributed by atoms with E-state index in [1.807, 2.05) is 37.3 Å². The van der Waals surface area contributed by atoms with Gasteiger partial charge < -0.3 is 15.0 Å². The van der Waals surface area contributed by atoms with E-state index in [4.69, 9.17) is 4.74 Å². The van der Waals surface area contributed by atoms with Gasteiger partial charge in [0.2, 0.25) is 0 Å². The van der Waals surface area contributed by atoms with Gasteiger partial charge in [0.25, 0.3) is 11.8 Å². The Hall–Kier alpha value is -3.72. The number of hydrogen-bond donors (Lipinski definition) is 1. The van der Waals surface area contributed by atoms with Crippen LogP contribution in [0.1, 0.15) is 52.1 Å². The largest absolute Gasteiger partial charge is 0.491 e. The minimum absolute atomic E-state index is 0.0835. The van der Waals surface area contributed by atoms with E-state index in [9.17, 15) is 18.0 Å². The summed E-state index contributed by atoms with van der Waals surface area (Å²) in [5.41, 5.74) is 3.42. The standard InChI is InChI=1S/C29H31FN2O5S/c1-4-14-31-28(33)20-8-6-19(7-9-20)21-10-12-25-22(17-21)18-32(15-16-37-25)29(34)24-11-13-26(38(3,35)36)27(30)23(24)5-2/h6-13,17H,4-5,14-16,18H2,1-3H3,(H,31,33). The van der Waals surface area contributed by atoms with Crippen molar-refractivity contribution in [2.45, 2.75) is 38.1 Å². The van der Waals surface area contributed by atoms with Crippen LogP contribution >= 0.6 is 0 Å². The zero-order valence-electron chi connectivity index (χ0n) is 21.7. The van der Waals surface area contributed by atoms with Crippen molar-refractivity contribution in [3.05, 3.63) is 82.7 Å². The Balaban J connectivity index is 1.60. The molecular weight excluding hydrogens is 507 g/mol. The molecule has 2 amide bonds. The van der Waals surface area contributed by atoms with Gasteiger partial charge in [0, 0.05) is 41.6 Å². The van der Waals surface area contributed by atoms with Crippen LogP contribution in [0.3, 0.4) is 0 Å². The molecule has 0 unspecified atom stereocenters. The lowest BCUT2D eigenvalue weighted by molar-refractivity contribution is 0.0731. The predicted octanol–water partition coefficient (Wildman–Crippen LogP) is 4.63. The smallest absolute Gasteiger partial charge is 0.254 e. The van der Waals surface area contributed by atoms with Crippen molar-refractivity contribution in [2.75, 3.05) is 26.0 Å². The second kappa shape index (κ2) is 11.3. The van der Waals surface area contributed by atoms with Gasteiger partial charge >= 0.3 is 0 Å². The molecule has 7 nitrogen and oxygen atoms in total. The van der Waals surface area contributed by atoms with Crippen LogP contribution in [-0.2, 0) is 22.8 Å². The number of hydrogen-bond acceptors (Lipinski definition) is 5. The number of carbonyl (C=O) groups excluding carboxylic acids is 2. The van der Waals surface area contributed by atoms with Crippen molar-refractivity contribution in [3.63, 3.8) is 0 Å². The highest BCUT2D eigenvalue weighted by molar-refractivity contribution is 7.90. The topological polar surface area (TPSA) is 92.8 Å². The van der Waals surface area contributed by atoms with E-state index < -0.39 is 20.5 Å². The van der Waals surface area contributed by atoms with Crippen LogP contribution in [-0.4, -0.2) is 51.1 Å². The summed E-state index contributed by atoms with van der Waals surface area (Å²) in [6.07, 6.45) is 1.98. The van der Waals surface area contributed by atoms with Crippen LogP contribution in [0.2, 0.25) is 0 Å². The summed E-state index contributed by atoms with van der Waals surface area (Å²) in [4.78, 5) is 26.9. The molecule has 0 fully saturated rings. The summed E-state index contributed by atoms with van der Waals surface area (Å²) in [5.74, 6) is -0.712. The first-order valence-corrected chi connectivity index (χ1v) is 14.5. The van der Waals surface area contributed by atoms with Crippen LogP contribution in [0.15, 0.2) is 59.5 Å². The maximum atomic E-state index is 15.1. The van der Waals surface area contributed by atoms with E-state index in [-0.39, 0.29) is 42.5 Å². The minimum Gasteiger partial charge on any atom is -0.491 e. The Labute approximate surface area is 222 Å². The van der Waals surface area contributed by atoms with Gasteiger partial charge in [-0.2, -0.15) is 0 Å². The SMILES string of the molecule is CCCNC(=O)c1ccc(-c2ccc3c(c2)CN(C(=O)c2ccc(S(C)(=O)=O)c(F)c2CC)CCO3)cc1. The average Bonchev–Trinajstić information content (AvgIpc) is 3.12. The number of ether oxygens (including phenoxy) is 1. The molecule has 3 aromatic rings. The fraction of sp³-hybridized carbons (Fsp3) is 0.310. The molecule has 38 heavy (non-hydrogen) atoms. The molecule has 1 heterocycles. The van der Waals surface area contributed by atoms with Gasteiger partial charge in [-0.25, -0.2) is 12.8 Å². The first-order valence-electron chi connectivity index (χ1n) is 12.6. The fourth-order valence-corrected chi connectivity index (χ4v) is 5.27. The number of nitrogens with one attached hydrogen (secondary N) is 1. The van der Waals surface area contributed by atoms with Crippen molar-refractivity contribution in [1.29, 1.82) is 0 Å². The van der Waals surface area contributed by atoms with Gasteiger partial charge in [-0.15, -0.1) is 0 Å². The average molecular weight is 539 g/mol. The third kappa shape index (κ3) is 5.72. The maximum Gasteiger partial charge on any atom is 0.254 e. The van der Waals surface area contributed by atoms with Gasteiger partial charge in [-0.3, -0.25) is 9.59 Å². The van der Waals surface area contributed by atoms with Crippen LogP contribution in [0.25, 0.3) is 11.1 Å². The van der Waals surface area contributed by atoms with Crippen LogP contribution < -0.4 is 10.1 Å². The summed E-state index contributed by atoms with van der Waals surface area (Å²) in [6.45, 7) is 5.11. The first-order chi connectivity index (χ1) is 18.1. The van der Waals surface area contributed by atoms with E-state index in [0.29, 0.717) is 24.4 Å². The molecule has 0 atom stereocenters. The molecule has 200 valence electrons. The van der Waals surface area contributed by atoms with Crippen molar-refractivity contribution in [3.8, 4) is 16.9 Å². The molecule has 3 aromatic carbocycles. The van der Waals surface area contributed by atoms with Gasteiger partial charge in [-0.05, 0) is 60.4 Å². The number of rotatable bonds is 7. The Kier molecular flexibility index (Phi) is 8.16. The lowest BCUT2D eigenvalue weighted by atomic mass is 10.00. The van der Waals surface area contributed by atoms with Gasteiger partial charge in [0.15, 0.2) is 9.84 Å². The number of amides is 2. The molecule has 4 rings (SSSR count). The summed E-state index contributed by atoms with van der Waals surface area (Å²) in [5, 5.41) is 2.86. The highest BCUT2D eigenvalue weighted by atomic mass is 32.2. The normalized spacial score (nSPS) is 13.3. The van der Waals surface area contributed by atoms with Crippen molar-refractivity contribution >= 4 is 21.7 Å². The first kappa shape index (κ1) is 27.3. The predicted molar refractivity (Wildman–Crippen MR) is 144 cm³/mol. The molecular formula is C29H31FN2O5S. The monoisotopic (exact) mass is 538 g/mol. The third-order valence-corrected chi connectivity index (χ3v) is 7.65. The molecule has 1 aliphatic rings. The Morgan fingerprint density at radius 1 is 1.03 bits per heavy atom. The molecule has 9 heteroatoms. The molecule has 0 bridgehead atoms. The van der Waals surface area contributed by atoms with E-state index in [1.54, 1.807) is 24.0 Å². The fourth-order valence-electron chi connectivity index (χ4n) is 4.50. The maximum absolute atomic E-state index is 15.1. The molecule has 0 aromatic heterocycles. The Morgan fingerprint density at radius 2 is 1.74 bits per heavy atom. The summed E-state index contributed by atoms with van der Waals surface area (Å²) in [7, 11) is -3.76. The molecule has 1 N–H and O–H groups in total.